The molecule has 0 bridgehead atoms. The van der Waals surface area contributed by atoms with Gasteiger partial charge in [-0.1, -0.05) is 35.1 Å². The molecule has 0 aliphatic heterocycles. The van der Waals surface area contributed by atoms with E-state index in [1.54, 1.807) is 24.3 Å². The molecule has 2 aromatic heterocycles. The minimum absolute atomic E-state index is 0.206. The Morgan fingerprint density at radius 1 is 1.16 bits per heavy atom. The summed E-state index contributed by atoms with van der Waals surface area (Å²) >= 11 is 6.28. The highest BCUT2D eigenvalue weighted by atomic mass is 35.5. The topological polar surface area (TPSA) is 30.2 Å². The first-order valence-electron chi connectivity index (χ1n) is 5.13. The van der Waals surface area contributed by atoms with Crippen molar-refractivity contribution in [2.45, 2.75) is 6.18 Å². The van der Waals surface area contributed by atoms with E-state index >= 15 is 0 Å². The van der Waals surface area contributed by atoms with Gasteiger partial charge in [0.25, 0.3) is 0 Å². The Morgan fingerprint density at radius 3 is 2.42 bits per heavy atom. The predicted octanol–water partition coefficient (Wildman–Crippen LogP) is 4.13. The van der Waals surface area contributed by atoms with Gasteiger partial charge in [0.15, 0.2) is 0 Å². The minimum Gasteiger partial charge on any atom is -0.217 e. The molecule has 0 saturated carbocycles. The lowest BCUT2D eigenvalue weighted by molar-refractivity contribution is -0.138. The Morgan fingerprint density at radius 2 is 1.84 bits per heavy atom. The van der Waals surface area contributed by atoms with Crippen molar-refractivity contribution in [3.63, 3.8) is 0 Å². The molecule has 0 aliphatic rings. The van der Waals surface area contributed by atoms with Crippen LogP contribution in [0.15, 0.2) is 30.5 Å². The normalized spacial score (nSPS) is 12.2. The number of rotatable bonds is 1. The smallest absolute Gasteiger partial charge is 0.217 e. The molecule has 19 heavy (non-hydrogen) atoms. The van der Waals surface area contributed by atoms with E-state index in [0.29, 0.717) is 22.1 Å². The Kier molecular flexibility index (Phi) is 2.75. The first-order chi connectivity index (χ1) is 8.93. The van der Waals surface area contributed by atoms with E-state index in [2.05, 4.69) is 10.1 Å². The second kappa shape index (κ2) is 4.21. The summed E-state index contributed by atoms with van der Waals surface area (Å²) in [5.74, 6) is 0. The van der Waals surface area contributed by atoms with Crippen molar-refractivity contribution in [2.24, 2.45) is 0 Å². The quantitative estimate of drug-likeness (QED) is 0.676. The van der Waals surface area contributed by atoms with E-state index in [9.17, 15) is 13.2 Å². The number of imidazole rings is 1. The molecule has 3 nitrogen and oxygen atoms in total. The number of hydrogen-bond donors (Lipinski definition) is 0. The molecule has 1 aromatic carbocycles. The van der Waals surface area contributed by atoms with Gasteiger partial charge in [0.05, 0.1) is 11.9 Å². The Bertz CT molecular complexity index is 698. The van der Waals surface area contributed by atoms with Crippen LogP contribution in [0.3, 0.4) is 0 Å². The van der Waals surface area contributed by atoms with Gasteiger partial charge in [0.2, 0.25) is 9.97 Å². The van der Waals surface area contributed by atoms with Crippen molar-refractivity contribution in [3.8, 4) is 11.3 Å². The molecule has 8 heteroatoms. The van der Waals surface area contributed by atoms with Gasteiger partial charge in [-0.3, -0.25) is 0 Å². The van der Waals surface area contributed by atoms with Gasteiger partial charge in [-0.05, 0) is 12.1 Å². The van der Waals surface area contributed by atoms with Crippen molar-refractivity contribution in [2.75, 3.05) is 0 Å². The maximum atomic E-state index is 12.5. The molecular formula is C11H5ClF3N3S. The first kappa shape index (κ1) is 12.4. The lowest BCUT2D eigenvalue weighted by Crippen LogP contribution is -2.04. The summed E-state index contributed by atoms with van der Waals surface area (Å²) in [7, 11) is 0. The van der Waals surface area contributed by atoms with E-state index in [4.69, 9.17) is 11.6 Å². The van der Waals surface area contributed by atoms with Gasteiger partial charge in [0, 0.05) is 10.6 Å². The van der Waals surface area contributed by atoms with Gasteiger partial charge < -0.3 is 0 Å². The largest absolute Gasteiger partial charge is 0.445 e. The van der Waals surface area contributed by atoms with Gasteiger partial charge >= 0.3 is 6.18 Å². The molecule has 0 fully saturated rings. The fourth-order valence-corrected chi connectivity index (χ4v) is 2.45. The Balaban J connectivity index is 2.03. The van der Waals surface area contributed by atoms with Crippen molar-refractivity contribution >= 4 is 27.9 Å². The average molecular weight is 304 g/mol. The third kappa shape index (κ3) is 2.31. The van der Waals surface area contributed by atoms with Crippen molar-refractivity contribution in [1.29, 1.82) is 0 Å². The molecule has 98 valence electrons. The molecule has 2 heterocycles. The lowest BCUT2D eigenvalue weighted by Gasteiger charge is -1.98. The standard InChI is InChI=1S/C11H5ClF3N3S/c12-7-3-1-6(2-4-7)8-5-18-10(16-8)19-9(17-18)11(13,14)15/h1-5H. The number of fused-ring (bicyclic) bond motifs is 1. The highest BCUT2D eigenvalue weighted by molar-refractivity contribution is 7.16. The van der Waals surface area contributed by atoms with Crippen LogP contribution >= 0.6 is 22.9 Å². The predicted molar refractivity (Wildman–Crippen MR) is 66.3 cm³/mol. The van der Waals surface area contributed by atoms with E-state index in [1.165, 1.54) is 6.20 Å². The number of halogens is 4. The van der Waals surface area contributed by atoms with Crippen LogP contribution in [0.5, 0.6) is 0 Å². The monoisotopic (exact) mass is 303 g/mol. The van der Waals surface area contributed by atoms with Crippen LogP contribution in [0.1, 0.15) is 5.01 Å². The molecular weight excluding hydrogens is 299 g/mol. The van der Waals surface area contributed by atoms with E-state index in [1.807, 2.05) is 0 Å². The number of aromatic nitrogens is 3. The van der Waals surface area contributed by atoms with Crippen molar-refractivity contribution < 1.29 is 13.2 Å². The minimum atomic E-state index is -4.44. The summed E-state index contributed by atoms with van der Waals surface area (Å²) < 4.78 is 38.5. The third-order valence-electron chi connectivity index (χ3n) is 2.43. The van der Waals surface area contributed by atoms with Crippen LogP contribution < -0.4 is 0 Å². The van der Waals surface area contributed by atoms with Gasteiger partial charge in [-0.15, -0.1) is 5.10 Å². The van der Waals surface area contributed by atoms with E-state index in [0.717, 1.165) is 10.1 Å². The molecule has 0 radical (unpaired) electrons. The zero-order valence-corrected chi connectivity index (χ0v) is 10.7. The summed E-state index contributed by atoms with van der Waals surface area (Å²) in [6.07, 6.45) is -2.98. The van der Waals surface area contributed by atoms with Gasteiger partial charge in [0.1, 0.15) is 0 Å². The molecule has 0 atom stereocenters. The van der Waals surface area contributed by atoms with E-state index < -0.39 is 11.2 Å². The number of alkyl halides is 3. The molecule has 0 saturated heterocycles. The molecule has 0 aliphatic carbocycles. The lowest BCUT2D eigenvalue weighted by atomic mass is 10.2. The van der Waals surface area contributed by atoms with Gasteiger partial charge in [-0.2, -0.15) is 13.2 Å². The molecule has 0 N–H and O–H groups in total. The maximum absolute atomic E-state index is 12.5. The first-order valence-corrected chi connectivity index (χ1v) is 6.32. The molecule has 0 unspecified atom stereocenters. The van der Waals surface area contributed by atoms with Crippen LogP contribution in [0, 0.1) is 0 Å². The van der Waals surface area contributed by atoms with Gasteiger partial charge in [-0.25, -0.2) is 9.50 Å². The van der Waals surface area contributed by atoms with Crippen LogP contribution in [-0.4, -0.2) is 14.6 Å². The summed E-state index contributed by atoms with van der Waals surface area (Å²) in [4.78, 5) is 4.33. The molecule has 3 aromatic rings. The van der Waals surface area contributed by atoms with Crippen LogP contribution in [0.4, 0.5) is 13.2 Å². The summed E-state index contributed by atoms with van der Waals surface area (Å²) in [5, 5.41) is 3.15. The van der Waals surface area contributed by atoms with Crippen LogP contribution in [-0.2, 0) is 6.18 Å². The fraction of sp³-hybridized carbons (Fsp3) is 0.0909. The van der Waals surface area contributed by atoms with Crippen LogP contribution in [0.25, 0.3) is 16.2 Å². The highest BCUT2D eigenvalue weighted by Crippen LogP contribution is 2.33. The highest BCUT2D eigenvalue weighted by Gasteiger charge is 2.35. The summed E-state index contributed by atoms with van der Waals surface area (Å²) in [6.45, 7) is 0. The maximum Gasteiger partial charge on any atom is 0.445 e. The SMILES string of the molecule is FC(F)(F)c1nn2cc(-c3ccc(Cl)cc3)nc2s1. The van der Waals surface area contributed by atoms with Crippen molar-refractivity contribution in [3.05, 3.63) is 40.5 Å². The summed E-state index contributed by atoms with van der Waals surface area (Å²) in [5.41, 5.74) is 1.33. The van der Waals surface area contributed by atoms with Crippen molar-refractivity contribution in [1.82, 2.24) is 14.6 Å². The Labute approximate surface area is 114 Å². The summed E-state index contributed by atoms with van der Waals surface area (Å²) in [6, 6.07) is 6.89. The Hall–Kier alpha value is -1.60. The fourth-order valence-electron chi connectivity index (χ4n) is 1.57. The molecule has 0 spiro atoms. The second-order valence-corrected chi connectivity index (χ2v) is 5.16. The number of benzene rings is 1. The average Bonchev–Trinajstić information content (AvgIpc) is 2.86. The zero-order chi connectivity index (χ0) is 13.6. The molecule has 3 rings (SSSR count). The third-order valence-corrected chi connectivity index (χ3v) is 3.65. The zero-order valence-electron chi connectivity index (χ0n) is 9.15. The second-order valence-electron chi connectivity index (χ2n) is 3.77. The van der Waals surface area contributed by atoms with E-state index in [-0.39, 0.29) is 4.96 Å². The number of nitrogens with zero attached hydrogens (tertiary/aromatic N) is 3. The van der Waals surface area contributed by atoms with Crippen LogP contribution in [0.2, 0.25) is 5.02 Å². The molecule has 0 amide bonds. The number of hydrogen-bond acceptors (Lipinski definition) is 3.